The summed E-state index contributed by atoms with van der Waals surface area (Å²) in [6.07, 6.45) is 3.61. The average molecular weight is 263 g/mol. The van der Waals surface area contributed by atoms with Gasteiger partial charge < -0.3 is 5.32 Å². The molecular formula is C13H14FN3S. The van der Waals surface area contributed by atoms with E-state index in [0.717, 1.165) is 28.8 Å². The lowest BCUT2D eigenvalue weighted by Crippen LogP contribution is -2.41. The molecule has 0 saturated carbocycles. The molecule has 3 nitrogen and oxygen atoms in total. The smallest absolute Gasteiger partial charge is 0.139 e. The van der Waals surface area contributed by atoms with Crippen LogP contribution in [-0.2, 0) is 0 Å². The van der Waals surface area contributed by atoms with Crippen LogP contribution in [0.3, 0.4) is 0 Å². The van der Waals surface area contributed by atoms with E-state index in [1.807, 2.05) is 0 Å². The molecule has 0 bridgehead atoms. The summed E-state index contributed by atoms with van der Waals surface area (Å²) in [5, 5.41) is 4.26. The van der Waals surface area contributed by atoms with Gasteiger partial charge in [0.1, 0.15) is 10.8 Å². The van der Waals surface area contributed by atoms with E-state index in [1.165, 1.54) is 12.1 Å². The predicted octanol–water partition coefficient (Wildman–Crippen LogP) is 3.30. The van der Waals surface area contributed by atoms with Gasteiger partial charge >= 0.3 is 0 Å². The number of hydrogen-bond donors (Lipinski definition) is 2. The van der Waals surface area contributed by atoms with E-state index in [0.29, 0.717) is 5.52 Å². The highest BCUT2D eigenvalue weighted by Crippen LogP contribution is 2.47. The van der Waals surface area contributed by atoms with Gasteiger partial charge in [0.05, 0.1) is 17.4 Å². The zero-order chi connectivity index (χ0) is 12.8. The topological polar surface area (TPSA) is 50.9 Å². The van der Waals surface area contributed by atoms with Gasteiger partial charge in [-0.3, -0.25) is 10.7 Å². The lowest BCUT2D eigenvalue weighted by atomic mass is 10.2. The molecule has 94 valence electrons. The van der Waals surface area contributed by atoms with Gasteiger partial charge in [0.25, 0.3) is 0 Å². The number of thioether (sulfide) groups is 1. The third-order valence-corrected chi connectivity index (χ3v) is 4.35. The number of benzene rings is 1. The Morgan fingerprint density at radius 3 is 3.11 bits per heavy atom. The van der Waals surface area contributed by atoms with E-state index in [-0.39, 0.29) is 5.82 Å². The minimum Gasteiger partial charge on any atom is -0.356 e. The van der Waals surface area contributed by atoms with Crippen molar-refractivity contribution in [3.05, 3.63) is 30.2 Å². The van der Waals surface area contributed by atoms with Gasteiger partial charge in [0.2, 0.25) is 0 Å². The van der Waals surface area contributed by atoms with Crippen LogP contribution in [0.4, 0.5) is 10.1 Å². The van der Waals surface area contributed by atoms with Crippen LogP contribution in [0.1, 0.15) is 19.8 Å². The fourth-order valence-corrected chi connectivity index (χ4v) is 3.59. The third-order valence-electron chi connectivity index (χ3n) is 3.03. The van der Waals surface area contributed by atoms with Crippen molar-refractivity contribution in [2.24, 2.45) is 5.73 Å². The maximum atomic E-state index is 13.2. The summed E-state index contributed by atoms with van der Waals surface area (Å²) < 4.78 is 13.2. The molecule has 5 heteroatoms. The largest absolute Gasteiger partial charge is 0.356 e. The summed E-state index contributed by atoms with van der Waals surface area (Å²) >= 11 is 1.60. The number of anilines is 1. The number of aromatic nitrogens is 1. The third kappa shape index (κ3) is 1.83. The number of nitrogens with zero attached hydrogens (tertiary/aromatic N) is 1. The molecule has 0 amide bonds. The van der Waals surface area contributed by atoms with Gasteiger partial charge in [-0.25, -0.2) is 4.39 Å². The van der Waals surface area contributed by atoms with Crippen LogP contribution in [0.15, 0.2) is 29.3 Å². The van der Waals surface area contributed by atoms with E-state index in [1.54, 1.807) is 24.0 Å². The highest BCUT2D eigenvalue weighted by atomic mass is 32.2. The number of pyridine rings is 1. The Bertz CT molecular complexity index is 616. The molecule has 1 aliphatic rings. The van der Waals surface area contributed by atoms with Gasteiger partial charge in [0, 0.05) is 16.3 Å². The molecule has 18 heavy (non-hydrogen) atoms. The lowest BCUT2D eigenvalue weighted by Gasteiger charge is -2.22. The summed E-state index contributed by atoms with van der Waals surface area (Å²) in [7, 11) is 0. The summed E-state index contributed by atoms with van der Waals surface area (Å²) in [5.41, 5.74) is 7.90. The normalized spacial score (nSPS) is 21.9. The van der Waals surface area contributed by atoms with Gasteiger partial charge in [-0.1, -0.05) is 25.1 Å². The Morgan fingerprint density at radius 1 is 1.50 bits per heavy atom. The fourth-order valence-electron chi connectivity index (χ4n) is 2.26. The number of hydrogen-bond acceptors (Lipinski definition) is 4. The molecule has 1 aromatic heterocycles. The summed E-state index contributed by atoms with van der Waals surface area (Å²) in [5.74, 6) is -0.265. The zero-order valence-corrected chi connectivity index (χ0v) is 10.9. The van der Waals surface area contributed by atoms with E-state index in [9.17, 15) is 4.39 Å². The molecule has 1 atom stereocenters. The minimum absolute atomic E-state index is 0.265. The Labute approximate surface area is 109 Å². The Balaban J connectivity index is 2.11. The summed E-state index contributed by atoms with van der Waals surface area (Å²) in [6, 6.07) is 4.68. The van der Waals surface area contributed by atoms with Crippen LogP contribution >= 0.6 is 11.8 Å². The number of fused-ring (bicyclic) bond motifs is 3. The number of rotatable bonds is 2. The van der Waals surface area contributed by atoms with Crippen LogP contribution in [0.5, 0.6) is 0 Å². The van der Waals surface area contributed by atoms with E-state index < -0.39 is 4.99 Å². The second-order valence-electron chi connectivity index (χ2n) is 4.53. The average Bonchev–Trinajstić information content (AvgIpc) is 2.65. The number of halogens is 1. The van der Waals surface area contributed by atoms with Crippen molar-refractivity contribution in [2.75, 3.05) is 5.32 Å². The second kappa shape index (κ2) is 4.10. The molecule has 0 spiro atoms. The van der Waals surface area contributed by atoms with Crippen molar-refractivity contribution >= 4 is 28.4 Å². The number of nitrogens with two attached hydrogens (primary N) is 1. The highest BCUT2D eigenvalue weighted by Gasteiger charge is 2.34. The van der Waals surface area contributed by atoms with Crippen molar-refractivity contribution in [1.82, 2.24) is 4.98 Å². The molecule has 1 aliphatic heterocycles. The molecule has 0 radical (unpaired) electrons. The monoisotopic (exact) mass is 263 g/mol. The van der Waals surface area contributed by atoms with E-state index >= 15 is 0 Å². The maximum Gasteiger partial charge on any atom is 0.139 e. The van der Waals surface area contributed by atoms with Gasteiger partial charge in [-0.05, 0) is 18.6 Å². The van der Waals surface area contributed by atoms with Crippen molar-refractivity contribution in [3.63, 3.8) is 0 Å². The molecular weight excluding hydrogens is 249 g/mol. The van der Waals surface area contributed by atoms with E-state index in [2.05, 4.69) is 17.2 Å². The van der Waals surface area contributed by atoms with Gasteiger partial charge in [0.15, 0.2) is 0 Å². The van der Waals surface area contributed by atoms with Crippen LogP contribution < -0.4 is 11.1 Å². The molecule has 1 unspecified atom stereocenters. The van der Waals surface area contributed by atoms with Gasteiger partial charge in [-0.2, -0.15) is 0 Å². The fraction of sp³-hybridized carbons (Fsp3) is 0.308. The zero-order valence-electron chi connectivity index (χ0n) is 10.0. The maximum absolute atomic E-state index is 13.2. The van der Waals surface area contributed by atoms with Crippen LogP contribution in [0.2, 0.25) is 0 Å². The lowest BCUT2D eigenvalue weighted by molar-refractivity contribution is 0.621. The summed E-state index contributed by atoms with van der Waals surface area (Å²) in [4.78, 5) is 4.86. The van der Waals surface area contributed by atoms with Crippen LogP contribution in [0.25, 0.3) is 10.9 Å². The highest BCUT2D eigenvalue weighted by molar-refractivity contribution is 8.01. The van der Waals surface area contributed by atoms with Crippen molar-refractivity contribution in [2.45, 2.75) is 29.7 Å². The SMILES string of the molecule is CCCC1(N)Nc2cnc3cc(F)ccc3c2S1. The first-order chi connectivity index (χ1) is 8.61. The molecule has 0 aliphatic carbocycles. The molecule has 0 saturated heterocycles. The molecule has 3 N–H and O–H groups in total. The Morgan fingerprint density at radius 2 is 2.33 bits per heavy atom. The standard InChI is InChI=1S/C13H14FN3S/c1-2-5-13(15)17-11-7-16-10-6-8(14)3-4-9(10)12(11)18-13/h3-4,6-7,17H,2,5,15H2,1H3. The van der Waals surface area contributed by atoms with Gasteiger partial charge in [-0.15, -0.1) is 0 Å². The van der Waals surface area contributed by atoms with E-state index in [4.69, 9.17) is 5.73 Å². The first kappa shape index (κ1) is 11.7. The molecule has 3 rings (SSSR count). The molecule has 0 fully saturated rings. The number of nitrogens with one attached hydrogen (secondary N) is 1. The minimum atomic E-state index is -0.471. The quantitative estimate of drug-likeness (QED) is 0.873. The Kier molecular flexibility index (Phi) is 2.68. The van der Waals surface area contributed by atoms with Crippen LogP contribution in [0, 0.1) is 5.82 Å². The van der Waals surface area contributed by atoms with Crippen molar-refractivity contribution in [1.29, 1.82) is 0 Å². The predicted molar refractivity (Wildman–Crippen MR) is 73.0 cm³/mol. The second-order valence-corrected chi connectivity index (χ2v) is 5.87. The summed E-state index contributed by atoms with van der Waals surface area (Å²) in [6.45, 7) is 2.10. The first-order valence-corrected chi connectivity index (χ1v) is 6.77. The first-order valence-electron chi connectivity index (χ1n) is 5.96. The molecule has 2 aromatic rings. The van der Waals surface area contributed by atoms with Crippen molar-refractivity contribution in [3.8, 4) is 0 Å². The van der Waals surface area contributed by atoms with Crippen LogP contribution in [-0.4, -0.2) is 9.98 Å². The molecule has 2 heterocycles. The molecule has 1 aromatic carbocycles. The van der Waals surface area contributed by atoms with Crippen molar-refractivity contribution < 1.29 is 4.39 Å². The Hall–Kier alpha value is -1.33.